The van der Waals surface area contributed by atoms with Gasteiger partial charge in [-0.1, -0.05) is 66.8 Å². The van der Waals surface area contributed by atoms with Gasteiger partial charge in [0, 0.05) is 13.4 Å². The molecule has 2 rings (SSSR count). The number of nitrogens with one attached hydrogen (secondary N) is 1. The average Bonchev–Trinajstić information content (AvgIpc) is 2.43. The second-order valence-electron chi connectivity index (χ2n) is 4.61. The lowest BCUT2D eigenvalue weighted by Gasteiger charge is -2.23. The monoisotopic (exact) mass is 459 g/mol. The average molecular weight is 462 g/mol. The van der Waals surface area contributed by atoms with Gasteiger partial charge >= 0.3 is 0 Å². The Morgan fingerprint density at radius 3 is 2.45 bits per heavy atom. The van der Waals surface area contributed by atoms with E-state index in [4.69, 9.17) is 0 Å². The van der Waals surface area contributed by atoms with E-state index in [2.05, 4.69) is 97.3 Å². The third-order valence-corrected chi connectivity index (χ3v) is 5.37. The topological polar surface area (TPSA) is 12.0 Å². The zero-order valence-corrected chi connectivity index (χ0v) is 16.1. The van der Waals surface area contributed by atoms with Crippen LogP contribution in [-0.2, 0) is 0 Å². The third kappa shape index (κ3) is 3.53. The van der Waals surface area contributed by atoms with Crippen molar-refractivity contribution in [1.29, 1.82) is 0 Å². The van der Waals surface area contributed by atoms with E-state index in [1.165, 1.54) is 16.7 Å². The highest BCUT2D eigenvalue weighted by molar-refractivity contribution is 9.11. The summed E-state index contributed by atoms with van der Waals surface area (Å²) >= 11 is 10.9. The molecule has 20 heavy (non-hydrogen) atoms. The van der Waals surface area contributed by atoms with Gasteiger partial charge in [0.1, 0.15) is 0 Å². The van der Waals surface area contributed by atoms with E-state index in [9.17, 15) is 0 Å². The molecule has 0 heterocycles. The number of rotatable bonds is 4. The predicted octanol–water partition coefficient (Wildman–Crippen LogP) is 5.98. The molecule has 2 aromatic carbocycles. The first-order chi connectivity index (χ1) is 9.54. The molecule has 0 aliphatic carbocycles. The molecule has 1 unspecified atom stereocenters. The van der Waals surface area contributed by atoms with Crippen LogP contribution >= 0.6 is 47.8 Å². The molecule has 1 atom stereocenters. The Kier molecular flexibility index (Phi) is 5.84. The van der Waals surface area contributed by atoms with E-state index >= 15 is 0 Å². The van der Waals surface area contributed by atoms with Crippen LogP contribution in [0.15, 0.2) is 49.8 Å². The molecule has 0 aliphatic rings. The van der Waals surface area contributed by atoms with Gasteiger partial charge in [-0.3, -0.25) is 0 Å². The molecule has 0 aliphatic heterocycles. The highest BCUT2D eigenvalue weighted by Gasteiger charge is 2.18. The first kappa shape index (κ1) is 16.2. The van der Waals surface area contributed by atoms with Crippen molar-refractivity contribution in [1.82, 2.24) is 5.32 Å². The van der Waals surface area contributed by atoms with Gasteiger partial charge in [-0.2, -0.15) is 0 Å². The van der Waals surface area contributed by atoms with Crippen LogP contribution in [0.3, 0.4) is 0 Å². The SMILES string of the molecule is CCNC(c1cc(Br)ccc1Br)c1cccc(Br)c1C. The molecule has 0 spiro atoms. The molecule has 2 aromatic rings. The summed E-state index contributed by atoms with van der Waals surface area (Å²) in [4.78, 5) is 0. The van der Waals surface area contributed by atoms with Gasteiger partial charge in [-0.15, -0.1) is 0 Å². The molecule has 0 radical (unpaired) electrons. The second-order valence-corrected chi connectivity index (χ2v) is 7.23. The zero-order valence-electron chi connectivity index (χ0n) is 11.4. The standard InChI is InChI=1S/C16H16Br3N/c1-3-20-16(12-5-4-6-14(18)10(12)2)13-9-11(17)7-8-15(13)19/h4-9,16,20H,3H2,1-2H3. The summed E-state index contributed by atoms with van der Waals surface area (Å²) in [6.45, 7) is 5.19. The molecule has 4 heteroatoms. The number of hydrogen-bond donors (Lipinski definition) is 1. The fourth-order valence-corrected chi connectivity index (χ4v) is 3.50. The molecule has 0 bridgehead atoms. The first-order valence-electron chi connectivity index (χ1n) is 6.48. The van der Waals surface area contributed by atoms with Crippen LogP contribution in [0.25, 0.3) is 0 Å². The highest BCUT2D eigenvalue weighted by Crippen LogP contribution is 2.34. The minimum absolute atomic E-state index is 0.171. The maximum absolute atomic E-state index is 3.67. The minimum atomic E-state index is 0.171. The van der Waals surface area contributed by atoms with E-state index in [-0.39, 0.29) is 6.04 Å². The van der Waals surface area contributed by atoms with Crippen LogP contribution in [0, 0.1) is 6.92 Å². The van der Waals surface area contributed by atoms with E-state index in [0.29, 0.717) is 0 Å². The molecule has 1 nitrogen and oxygen atoms in total. The van der Waals surface area contributed by atoms with Crippen molar-refractivity contribution in [3.8, 4) is 0 Å². The summed E-state index contributed by atoms with van der Waals surface area (Å²) in [5, 5.41) is 3.58. The lowest BCUT2D eigenvalue weighted by Crippen LogP contribution is -2.23. The van der Waals surface area contributed by atoms with Gasteiger partial charge in [0.05, 0.1) is 6.04 Å². The lowest BCUT2D eigenvalue weighted by molar-refractivity contribution is 0.625. The van der Waals surface area contributed by atoms with E-state index < -0.39 is 0 Å². The van der Waals surface area contributed by atoms with Gasteiger partial charge in [-0.05, 0) is 54.4 Å². The maximum Gasteiger partial charge on any atom is 0.0591 e. The molecule has 0 fully saturated rings. The zero-order chi connectivity index (χ0) is 14.7. The molecule has 0 saturated carbocycles. The molecular formula is C16H16Br3N. The van der Waals surface area contributed by atoms with Gasteiger partial charge in [-0.25, -0.2) is 0 Å². The smallest absolute Gasteiger partial charge is 0.0591 e. The molecule has 106 valence electrons. The molecule has 0 amide bonds. The minimum Gasteiger partial charge on any atom is -0.306 e. The van der Waals surface area contributed by atoms with Gasteiger partial charge in [0.2, 0.25) is 0 Å². The summed E-state index contributed by atoms with van der Waals surface area (Å²) in [7, 11) is 0. The number of benzene rings is 2. The summed E-state index contributed by atoms with van der Waals surface area (Å²) in [5.41, 5.74) is 3.80. The summed E-state index contributed by atoms with van der Waals surface area (Å²) in [6, 6.07) is 12.8. The van der Waals surface area contributed by atoms with Crippen molar-refractivity contribution in [3.05, 3.63) is 66.5 Å². The van der Waals surface area contributed by atoms with Crippen LogP contribution in [0.2, 0.25) is 0 Å². The fourth-order valence-electron chi connectivity index (χ4n) is 2.26. The number of hydrogen-bond acceptors (Lipinski definition) is 1. The van der Waals surface area contributed by atoms with E-state index in [1.807, 2.05) is 6.07 Å². The summed E-state index contributed by atoms with van der Waals surface area (Å²) in [6.07, 6.45) is 0. The quantitative estimate of drug-likeness (QED) is 0.590. The molecule has 1 N–H and O–H groups in total. The molecular weight excluding hydrogens is 446 g/mol. The third-order valence-electron chi connectivity index (χ3n) is 3.30. The van der Waals surface area contributed by atoms with Crippen molar-refractivity contribution >= 4 is 47.8 Å². The van der Waals surface area contributed by atoms with Gasteiger partial charge in [0.25, 0.3) is 0 Å². The van der Waals surface area contributed by atoms with Crippen LogP contribution < -0.4 is 5.32 Å². The lowest BCUT2D eigenvalue weighted by atomic mass is 9.95. The van der Waals surface area contributed by atoms with Crippen molar-refractivity contribution in [2.45, 2.75) is 19.9 Å². The van der Waals surface area contributed by atoms with Crippen molar-refractivity contribution in [2.24, 2.45) is 0 Å². The highest BCUT2D eigenvalue weighted by atomic mass is 79.9. The predicted molar refractivity (Wildman–Crippen MR) is 96.2 cm³/mol. The first-order valence-corrected chi connectivity index (χ1v) is 8.85. The Labute approximate surface area is 145 Å². The Morgan fingerprint density at radius 1 is 1.00 bits per heavy atom. The Morgan fingerprint density at radius 2 is 1.75 bits per heavy atom. The largest absolute Gasteiger partial charge is 0.306 e. The van der Waals surface area contributed by atoms with Crippen LogP contribution in [0.4, 0.5) is 0 Å². The van der Waals surface area contributed by atoms with Crippen LogP contribution in [0.5, 0.6) is 0 Å². The fraction of sp³-hybridized carbons (Fsp3) is 0.250. The van der Waals surface area contributed by atoms with Crippen molar-refractivity contribution < 1.29 is 0 Å². The normalized spacial score (nSPS) is 12.4. The Balaban J connectivity index is 2.56. The van der Waals surface area contributed by atoms with Crippen molar-refractivity contribution in [2.75, 3.05) is 6.54 Å². The second kappa shape index (κ2) is 7.21. The van der Waals surface area contributed by atoms with E-state index in [0.717, 1.165) is 20.0 Å². The Bertz CT molecular complexity index is 609. The van der Waals surface area contributed by atoms with E-state index in [1.54, 1.807) is 0 Å². The summed E-state index contributed by atoms with van der Waals surface area (Å²) in [5.74, 6) is 0. The van der Waals surface area contributed by atoms with Gasteiger partial charge < -0.3 is 5.32 Å². The summed E-state index contributed by atoms with van der Waals surface area (Å²) < 4.78 is 3.35. The maximum atomic E-state index is 3.67. The molecule has 0 aromatic heterocycles. The number of halogens is 3. The van der Waals surface area contributed by atoms with Crippen molar-refractivity contribution in [3.63, 3.8) is 0 Å². The van der Waals surface area contributed by atoms with Gasteiger partial charge in [0.15, 0.2) is 0 Å². The van der Waals surface area contributed by atoms with Crippen LogP contribution in [-0.4, -0.2) is 6.54 Å². The van der Waals surface area contributed by atoms with Crippen LogP contribution in [0.1, 0.15) is 29.7 Å². The molecule has 0 saturated heterocycles. The Hall–Kier alpha value is -0.160.